The molecule has 126 valence electrons. The predicted molar refractivity (Wildman–Crippen MR) is 106 cm³/mol. The van der Waals surface area contributed by atoms with Crippen LogP contribution in [0.3, 0.4) is 0 Å². The van der Waals surface area contributed by atoms with Gasteiger partial charge in [-0.3, -0.25) is 9.59 Å². The maximum atomic E-state index is 12.3. The lowest BCUT2D eigenvalue weighted by atomic mass is 10.1. The van der Waals surface area contributed by atoms with Crippen molar-refractivity contribution in [1.29, 1.82) is 0 Å². The second-order valence-corrected chi connectivity index (χ2v) is 6.77. The molecule has 2 N–H and O–H groups in total. The van der Waals surface area contributed by atoms with E-state index in [-0.39, 0.29) is 11.8 Å². The Morgan fingerprint density at radius 2 is 1.67 bits per heavy atom. The number of hydrogen-bond donors (Lipinski definition) is 2. The van der Waals surface area contributed by atoms with Crippen LogP contribution in [-0.4, -0.2) is 18.4 Å². The van der Waals surface area contributed by atoms with E-state index in [0.29, 0.717) is 23.4 Å². The molecule has 2 rings (SSSR count). The van der Waals surface area contributed by atoms with Crippen LogP contribution in [0, 0.1) is 10.5 Å². The molecule has 0 atom stereocenters. The van der Waals surface area contributed by atoms with Gasteiger partial charge in [0.1, 0.15) is 0 Å². The van der Waals surface area contributed by atoms with E-state index in [1.165, 1.54) is 0 Å². The average Bonchev–Trinajstić information content (AvgIpc) is 2.58. The van der Waals surface area contributed by atoms with Crippen LogP contribution in [0.25, 0.3) is 0 Å². The second kappa shape index (κ2) is 8.82. The van der Waals surface area contributed by atoms with Gasteiger partial charge in [0.2, 0.25) is 0 Å². The molecule has 0 unspecified atom stereocenters. The summed E-state index contributed by atoms with van der Waals surface area (Å²) < 4.78 is 1.05. The Balaban J connectivity index is 1.99. The van der Waals surface area contributed by atoms with Gasteiger partial charge >= 0.3 is 0 Å². The summed E-state index contributed by atoms with van der Waals surface area (Å²) >= 11 is 2.21. The molecule has 0 aliphatic carbocycles. The minimum absolute atomic E-state index is 0.0885. The van der Waals surface area contributed by atoms with Crippen LogP contribution >= 0.6 is 22.6 Å². The highest BCUT2D eigenvalue weighted by Gasteiger charge is 2.09. The quantitative estimate of drug-likeness (QED) is 0.522. The van der Waals surface area contributed by atoms with Gasteiger partial charge in [0, 0.05) is 26.9 Å². The second-order valence-electron chi connectivity index (χ2n) is 5.60. The highest BCUT2D eigenvalue weighted by atomic mass is 127. The average molecular weight is 436 g/mol. The van der Waals surface area contributed by atoms with Crippen LogP contribution in [0.15, 0.2) is 42.5 Å². The standard InChI is InChI=1S/C19H21IN2O2/c1-3-4-11-21-18(23)14-7-9-16(10-8-14)22-19(24)15-6-5-13(2)17(20)12-15/h5-10,12H,3-4,11H2,1-2H3,(H,21,23)(H,22,24). The first-order valence-corrected chi connectivity index (χ1v) is 9.05. The van der Waals surface area contributed by atoms with Gasteiger partial charge < -0.3 is 10.6 Å². The van der Waals surface area contributed by atoms with Gasteiger partial charge in [-0.1, -0.05) is 19.4 Å². The molecule has 0 saturated heterocycles. The number of rotatable bonds is 6. The number of carbonyl (C=O) groups is 2. The van der Waals surface area contributed by atoms with E-state index in [2.05, 4.69) is 40.1 Å². The summed E-state index contributed by atoms with van der Waals surface area (Å²) in [5, 5.41) is 5.72. The lowest BCUT2D eigenvalue weighted by Gasteiger charge is -2.08. The van der Waals surface area contributed by atoms with E-state index >= 15 is 0 Å². The molecule has 2 aromatic carbocycles. The summed E-state index contributed by atoms with van der Waals surface area (Å²) in [6, 6.07) is 12.5. The van der Waals surface area contributed by atoms with Gasteiger partial charge in [-0.25, -0.2) is 0 Å². The molecule has 0 bridgehead atoms. The van der Waals surface area contributed by atoms with E-state index in [9.17, 15) is 9.59 Å². The summed E-state index contributed by atoms with van der Waals surface area (Å²) in [5.41, 5.74) is 3.02. The lowest BCUT2D eigenvalue weighted by molar-refractivity contribution is 0.0952. The van der Waals surface area contributed by atoms with Crippen molar-refractivity contribution >= 4 is 40.1 Å². The maximum Gasteiger partial charge on any atom is 0.255 e. The molecule has 0 heterocycles. The molecule has 4 nitrogen and oxygen atoms in total. The minimum Gasteiger partial charge on any atom is -0.352 e. The largest absolute Gasteiger partial charge is 0.352 e. The highest BCUT2D eigenvalue weighted by Crippen LogP contribution is 2.16. The summed E-state index contributed by atoms with van der Waals surface area (Å²) in [7, 11) is 0. The third-order valence-corrected chi connectivity index (χ3v) is 4.82. The van der Waals surface area contributed by atoms with Crippen molar-refractivity contribution in [2.75, 3.05) is 11.9 Å². The Hall–Kier alpha value is -1.89. The van der Waals surface area contributed by atoms with Crippen LogP contribution in [0.2, 0.25) is 0 Å². The first kappa shape index (κ1) is 18.4. The fraction of sp³-hybridized carbons (Fsp3) is 0.263. The number of carbonyl (C=O) groups excluding carboxylic acids is 2. The van der Waals surface area contributed by atoms with Crippen molar-refractivity contribution < 1.29 is 9.59 Å². The summed E-state index contributed by atoms with van der Waals surface area (Å²) in [4.78, 5) is 24.2. The van der Waals surface area contributed by atoms with Crippen LogP contribution in [-0.2, 0) is 0 Å². The maximum absolute atomic E-state index is 12.3. The first-order valence-electron chi connectivity index (χ1n) is 7.97. The third kappa shape index (κ3) is 5.06. The number of aryl methyl sites for hydroxylation is 1. The summed E-state index contributed by atoms with van der Waals surface area (Å²) in [6.45, 7) is 4.77. The van der Waals surface area contributed by atoms with Gasteiger partial charge in [-0.05, 0) is 77.9 Å². The Labute approximate surface area is 156 Å². The monoisotopic (exact) mass is 436 g/mol. The fourth-order valence-electron chi connectivity index (χ4n) is 2.12. The highest BCUT2D eigenvalue weighted by molar-refractivity contribution is 14.1. The molecule has 0 aromatic heterocycles. The van der Waals surface area contributed by atoms with Crippen molar-refractivity contribution in [3.05, 3.63) is 62.7 Å². The van der Waals surface area contributed by atoms with Crippen LogP contribution in [0.5, 0.6) is 0 Å². The molecule has 2 aromatic rings. The number of anilines is 1. The number of halogens is 1. The topological polar surface area (TPSA) is 58.2 Å². The van der Waals surface area contributed by atoms with Crippen molar-refractivity contribution in [1.82, 2.24) is 5.32 Å². The van der Waals surface area contributed by atoms with Crippen molar-refractivity contribution in [3.63, 3.8) is 0 Å². The predicted octanol–water partition coefficient (Wildman–Crippen LogP) is 4.38. The molecular weight excluding hydrogens is 415 g/mol. The normalized spacial score (nSPS) is 10.3. The number of amides is 2. The summed E-state index contributed by atoms with van der Waals surface area (Å²) in [5.74, 6) is -0.248. The fourth-order valence-corrected chi connectivity index (χ4v) is 2.64. The van der Waals surface area contributed by atoms with Gasteiger partial charge in [0.25, 0.3) is 11.8 Å². The SMILES string of the molecule is CCCCNC(=O)c1ccc(NC(=O)c2ccc(C)c(I)c2)cc1. The Kier molecular flexibility index (Phi) is 6.78. The number of benzene rings is 2. The molecule has 5 heteroatoms. The Morgan fingerprint density at radius 1 is 1.00 bits per heavy atom. The molecule has 0 fully saturated rings. The molecular formula is C19H21IN2O2. The van der Waals surface area contributed by atoms with Crippen molar-refractivity contribution in [3.8, 4) is 0 Å². The van der Waals surface area contributed by atoms with Gasteiger partial charge in [0.05, 0.1) is 0 Å². The molecule has 0 saturated carbocycles. The van der Waals surface area contributed by atoms with Crippen LogP contribution < -0.4 is 10.6 Å². The van der Waals surface area contributed by atoms with Crippen LogP contribution in [0.4, 0.5) is 5.69 Å². The minimum atomic E-state index is -0.159. The third-order valence-electron chi connectivity index (χ3n) is 3.65. The van der Waals surface area contributed by atoms with Crippen molar-refractivity contribution in [2.24, 2.45) is 0 Å². The van der Waals surface area contributed by atoms with E-state index in [1.807, 2.05) is 25.1 Å². The van der Waals surface area contributed by atoms with E-state index in [1.54, 1.807) is 24.3 Å². The van der Waals surface area contributed by atoms with E-state index in [4.69, 9.17) is 0 Å². The van der Waals surface area contributed by atoms with E-state index < -0.39 is 0 Å². The van der Waals surface area contributed by atoms with Crippen molar-refractivity contribution in [2.45, 2.75) is 26.7 Å². The summed E-state index contributed by atoms with van der Waals surface area (Å²) in [6.07, 6.45) is 2.01. The van der Waals surface area contributed by atoms with E-state index in [0.717, 1.165) is 22.0 Å². The Bertz CT molecular complexity index is 727. The van der Waals surface area contributed by atoms with Gasteiger partial charge in [-0.15, -0.1) is 0 Å². The zero-order chi connectivity index (χ0) is 17.5. The lowest BCUT2D eigenvalue weighted by Crippen LogP contribution is -2.24. The zero-order valence-electron chi connectivity index (χ0n) is 13.9. The van der Waals surface area contributed by atoms with Crippen LogP contribution in [0.1, 0.15) is 46.0 Å². The molecule has 2 amide bonds. The molecule has 0 radical (unpaired) electrons. The molecule has 24 heavy (non-hydrogen) atoms. The Morgan fingerprint density at radius 3 is 2.29 bits per heavy atom. The number of unbranched alkanes of at least 4 members (excludes halogenated alkanes) is 1. The number of hydrogen-bond acceptors (Lipinski definition) is 2. The molecule has 0 spiro atoms. The smallest absolute Gasteiger partial charge is 0.255 e. The number of nitrogens with one attached hydrogen (secondary N) is 2. The first-order chi connectivity index (χ1) is 11.5. The molecule has 0 aliphatic rings. The zero-order valence-corrected chi connectivity index (χ0v) is 16.0. The van der Waals surface area contributed by atoms with Gasteiger partial charge in [0.15, 0.2) is 0 Å². The van der Waals surface area contributed by atoms with Gasteiger partial charge in [-0.2, -0.15) is 0 Å². The molecule has 0 aliphatic heterocycles.